The number of ether oxygens (including phenoxy) is 1. The van der Waals surface area contributed by atoms with Crippen LogP contribution in [0.5, 0.6) is 5.75 Å². The molecule has 1 aromatic carbocycles. The third kappa shape index (κ3) is 3.50. The van der Waals surface area contributed by atoms with Gasteiger partial charge in [-0.3, -0.25) is 4.98 Å². The van der Waals surface area contributed by atoms with Gasteiger partial charge in [0.1, 0.15) is 5.75 Å². The van der Waals surface area contributed by atoms with Crippen molar-refractivity contribution in [2.75, 3.05) is 5.32 Å². The average Bonchev–Trinajstić information content (AvgIpc) is 3.01. The summed E-state index contributed by atoms with van der Waals surface area (Å²) in [6, 6.07) is 12.3. The van der Waals surface area contributed by atoms with Gasteiger partial charge in [0.25, 0.3) is 0 Å². The molecule has 0 unspecified atom stereocenters. The van der Waals surface area contributed by atoms with E-state index in [1.807, 2.05) is 24.4 Å². The van der Waals surface area contributed by atoms with E-state index < -0.39 is 0 Å². The molecule has 1 heterocycles. The van der Waals surface area contributed by atoms with E-state index in [0.29, 0.717) is 6.10 Å². The molecule has 0 atom stereocenters. The van der Waals surface area contributed by atoms with E-state index in [4.69, 9.17) is 4.74 Å². The summed E-state index contributed by atoms with van der Waals surface area (Å²) in [7, 11) is 0. The lowest BCUT2D eigenvalue weighted by Crippen LogP contribution is -2.10. The van der Waals surface area contributed by atoms with E-state index in [1.54, 1.807) is 6.20 Å². The van der Waals surface area contributed by atoms with Crippen LogP contribution in [0.4, 0.5) is 5.69 Å². The Morgan fingerprint density at radius 1 is 1.10 bits per heavy atom. The molecule has 3 heteroatoms. The van der Waals surface area contributed by atoms with Gasteiger partial charge in [-0.25, -0.2) is 0 Å². The normalized spacial score (nSPS) is 15.2. The minimum absolute atomic E-state index is 0.421. The second-order valence-electron chi connectivity index (χ2n) is 5.26. The van der Waals surface area contributed by atoms with Crippen LogP contribution in [0.2, 0.25) is 0 Å². The SMILES string of the molecule is c1cncc(CNc2ccc(OC3CCCC3)cc2)c1. The average molecular weight is 268 g/mol. The summed E-state index contributed by atoms with van der Waals surface area (Å²) < 4.78 is 5.96. The Morgan fingerprint density at radius 2 is 1.90 bits per heavy atom. The zero-order valence-corrected chi connectivity index (χ0v) is 11.6. The van der Waals surface area contributed by atoms with Gasteiger partial charge in [0.05, 0.1) is 6.10 Å². The Hall–Kier alpha value is -2.03. The van der Waals surface area contributed by atoms with E-state index in [2.05, 4.69) is 28.5 Å². The molecule has 2 aromatic rings. The minimum atomic E-state index is 0.421. The lowest BCUT2D eigenvalue weighted by molar-refractivity contribution is 0.210. The number of hydrogen-bond donors (Lipinski definition) is 1. The molecule has 3 nitrogen and oxygen atoms in total. The van der Waals surface area contributed by atoms with Gasteiger partial charge in [0.2, 0.25) is 0 Å². The number of benzene rings is 1. The summed E-state index contributed by atoms with van der Waals surface area (Å²) in [4.78, 5) is 4.11. The molecule has 1 aliphatic carbocycles. The van der Waals surface area contributed by atoms with E-state index >= 15 is 0 Å². The first-order chi connectivity index (χ1) is 9.90. The fourth-order valence-electron chi connectivity index (χ4n) is 2.56. The molecule has 0 aliphatic heterocycles. The Kier molecular flexibility index (Phi) is 4.16. The maximum atomic E-state index is 5.96. The summed E-state index contributed by atoms with van der Waals surface area (Å²) in [5.41, 5.74) is 2.28. The first kappa shape index (κ1) is 13.0. The number of nitrogens with one attached hydrogen (secondary N) is 1. The van der Waals surface area contributed by atoms with Crippen molar-refractivity contribution in [2.24, 2.45) is 0 Å². The van der Waals surface area contributed by atoms with Crippen molar-refractivity contribution in [2.45, 2.75) is 38.3 Å². The van der Waals surface area contributed by atoms with Crippen molar-refractivity contribution in [1.82, 2.24) is 4.98 Å². The fraction of sp³-hybridized carbons (Fsp3) is 0.353. The molecule has 0 radical (unpaired) electrons. The molecular weight excluding hydrogens is 248 g/mol. The van der Waals surface area contributed by atoms with Gasteiger partial charge in [0, 0.05) is 24.6 Å². The molecule has 0 bridgehead atoms. The van der Waals surface area contributed by atoms with Crippen molar-refractivity contribution in [3.8, 4) is 5.75 Å². The molecule has 1 aliphatic rings. The summed E-state index contributed by atoms with van der Waals surface area (Å²) in [5, 5.41) is 3.39. The monoisotopic (exact) mass is 268 g/mol. The van der Waals surface area contributed by atoms with Gasteiger partial charge in [-0.05, 0) is 61.6 Å². The smallest absolute Gasteiger partial charge is 0.119 e. The van der Waals surface area contributed by atoms with Crippen LogP contribution in [-0.2, 0) is 6.54 Å². The second kappa shape index (κ2) is 6.42. The maximum Gasteiger partial charge on any atom is 0.119 e. The predicted molar refractivity (Wildman–Crippen MR) is 80.9 cm³/mol. The highest BCUT2D eigenvalue weighted by Gasteiger charge is 2.16. The molecule has 0 spiro atoms. The summed E-state index contributed by atoms with van der Waals surface area (Å²) in [5.74, 6) is 0.976. The van der Waals surface area contributed by atoms with Crippen molar-refractivity contribution in [3.05, 3.63) is 54.4 Å². The second-order valence-corrected chi connectivity index (χ2v) is 5.26. The molecule has 1 aromatic heterocycles. The fourth-order valence-corrected chi connectivity index (χ4v) is 2.56. The van der Waals surface area contributed by atoms with Gasteiger partial charge in [0.15, 0.2) is 0 Å². The standard InChI is InChI=1S/C17H20N2O/c1-2-6-16(5-1)20-17-9-7-15(8-10-17)19-13-14-4-3-11-18-12-14/h3-4,7-12,16,19H,1-2,5-6,13H2. The minimum Gasteiger partial charge on any atom is -0.490 e. The topological polar surface area (TPSA) is 34.2 Å². The molecule has 3 rings (SSSR count). The Bertz CT molecular complexity index is 518. The van der Waals surface area contributed by atoms with Crippen molar-refractivity contribution >= 4 is 5.69 Å². The highest BCUT2D eigenvalue weighted by molar-refractivity contribution is 5.46. The van der Waals surface area contributed by atoms with Crippen LogP contribution in [0.3, 0.4) is 0 Å². The molecule has 0 saturated heterocycles. The van der Waals surface area contributed by atoms with Gasteiger partial charge in [-0.15, -0.1) is 0 Å². The molecule has 1 N–H and O–H groups in total. The van der Waals surface area contributed by atoms with Crippen LogP contribution in [0.15, 0.2) is 48.8 Å². The van der Waals surface area contributed by atoms with E-state index in [0.717, 1.165) is 18.0 Å². The van der Waals surface area contributed by atoms with Crippen molar-refractivity contribution in [3.63, 3.8) is 0 Å². The van der Waals surface area contributed by atoms with Gasteiger partial charge in [-0.1, -0.05) is 6.07 Å². The molecule has 20 heavy (non-hydrogen) atoms. The van der Waals surface area contributed by atoms with Crippen LogP contribution in [0.25, 0.3) is 0 Å². The highest BCUT2D eigenvalue weighted by atomic mass is 16.5. The number of aromatic nitrogens is 1. The molecule has 0 amide bonds. The van der Waals surface area contributed by atoms with E-state index in [-0.39, 0.29) is 0 Å². The molecule has 1 saturated carbocycles. The van der Waals surface area contributed by atoms with E-state index in [9.17, 15) is 0 Å². The number of pyridine rings is 1. The van der Waals surface area contributed by atoms with Gasteiger partial charge >= 0.3 is 0 Å². The summed E-state index contributed by atoms with van der Waals surface area (Å²) in [6.07, 6.45) is 9.08. The third-order valence-electron chi connectivity index (χ3n) is 3.68. The number of nitrogens with zero attached hydrogens (tertiary/aromatic N) is 1. The van der Waals surface area contributed by atoms with Crippen molar-refractivity contribution in [1.29, 1.82) is 0 Å². The number of hydrogen-bond acceptors (Lipinski definition) is 3. The first-order valence-electron chi connectivity index (χ1n) is 7.30. The van der Waals surface area contributed by atoms with Crippen LogP contribution in [0, 0.1) is 0 Å². The zero-order chi connectivity index (χ0) is 13.6. The number of rotatable bonds is 5. The van der Waals surface area contributed by atoms with Gasteiger partial charge < -0.3 is 10.1 Å². The molecule has 104 valence electrons. The highest BCUT2D eigenvalue weighted by Crippen LogP contribution is 2.25. The van der Waals surface area contributed by atoms with E-state index in [1.165, 1.54) is 31.2 Å². The predicted octanol–water partition coefficient (Wildman–Crippen LogP) is 4.02. The zero-order valence-electron chi connectivity index (χ0n) is 11.6. The van der Waals surface area contributed by atoms with Crippen LogP contribution in [0.1, 0.15) is 31.2 Å². The molecular formula is C17H20N2O. The summed E-state index contributed by atoms with van der Waals surface area (Å²) in [6.45, 7) is 0.788. The lowest BCUT2D eigenvalue weighted by atomic mass is 10.2. The largest absolute Gasteiger partial charge is 0.490 e. The lowest BCUT2D eigenvalue weighted by Gasteiger charge is -2.13. The molecule has 1 fully saturated rings. The Labute approximate surface area is 120 Å². The Balaban J connectivity index is 1.53. The van der Waals surface area contributed by atoms with Crippen LogP contribution >= 0.6 is 0 Å². The Morgan fingerprint density at radius 3 is 2.60 bits per heavy atom. The van der Waals surface area contributed by atoms with Crippen molar-refractivity contribution < 1.29 is 4.74 Å². The maximum absolute atomic E-state index is 5.96. The summed E-state index contributed by atoms with van der Waals surface area (Å²) >= 11 is 0. The van der Waals surface area contributed by atoms with Gasteiger partial charge in [-0.2, -0.15) is 0 Å². The number of anilines is 1. The quantitative estimate of drug-likeness (QED) is 0.889. The third-order valence-corrected chi connectivity index (χ3v) is 3.68. The van der Waals surface area contributed by atoms with Crippen LogP contribution < -0.4 is 10.1 Å². The first-order valence-corrected chi connectivity index (χ1v) is 7.30. The van der Waals surface area contributed by atoms with Crippen LogP contribution in [-0.4, -0.2) is 11.1 Å².